The monoisotopic (exact) mass is 296 g/mol. The molecular weight excluding hydrogens is 272 g/mol. The summed E-state index contributed by atoms with van der Waals surface area (Å²) in [6.07, 6.45) is 0. The molecule has 0 heterocycles. The largest absolute Gasteiger partial charge is 0.495 e. The Morgan fingerprint density at radius 2 is 2.00 bits per heavy atom. The average molecular weight is 296 g/mol. The van der Waals surface area contributed by atoms with E-state index in [4.69, 9.17) is 4.74 Å². The number of benzene rings is 1. The van der Waals surface area contributed by atoms with Crippen LogP contribution in [-0.4, -0.2) is 30.4 Å². The molecule has 0 radical (unpaired) electrons. The summed E-state index contributed by atoms with van der Waals surface area (Å²) in [5.74, 6) is 0.620. The van der Waals surface area contributed by atoms with Gasteiger partial charge in [-0.25, -0.2) is 4.31 Å². The summed E-state index contributed by atoms with van der Waals surface area (Å²) in [5.41, 5.74) is 0.725. The molecular formula is C15H24N2O2S. The second-order valence-electron chi connectivity index (χ2n) is 4.71. The van der Waals surface area contributed by atoms with Crippen LogP contribution in [0.1, 0.15) is 27.7 Å². The Labute approximate surface area is 126 Å². The number of hydrogen-bond donors (Lipinski definition) is 1. The number of hydrogen-bond acceptors (Lipinski definition) is 4. The zero-order chi connectivity index (χ0) is 15.1. The molecule has 4 nitrogen and oxygen atoms in total. The van der Waals surface area contributed by atoms with Crippen LogP contribution < -0.4 is 10.1 Å². The quantitative estimate of drug-likeness (QED) is 0.780. The van der Waals surface area contributed by atoms with E-state index in [0.717, 1.165) is 23.7 Å². The second-order valence-corrected chi connectivity index (χ2v) is 5.88. The van der Waals surface area contributed by atoms with E-state index in [1.807, 2.05) is 32.0 Å². The Morgan fingerprint density at radius 3 is 2.50 bits per heavy atom. The van der Waals surface area contributed by atoms with Crippen molar-refractivity contribution in [3.63, 3.8) is 0 Å². The second kappa shape index (κ2) is 8.17. The molecule has 1 aromatic carbocycles. The summed E-state index contributed by atoms with van der Waals surface area (Å²) < 4.78 is 7.55. The highest BCUT2D eigenvalue weighted by Gasteiger charge is 2.12. The van der Waals surface area contributed by atoms with Crippen molar-refractivity contribution in [2.75, 3.05) is 25.5 Å². The highest BCUT2D eigenvalue weighted by atomic mass is 32.2. The normalized spacial score (nSPS) is 10.9. The molecule has 0 unspecified atom stereocenters. The van der Waals surface area contributed by atoms with E-state index in [1.54, 1.807) is 19.1 Å². The molecule has 5 heteroatoms. The van der Waals surface area contributed by atoms with Gasteiger partial charge in [0.15, 0.2) is 0 Å². The van der Waals surface area contributed by atoms with Gasteiger partial charge >= 0.3 is 0 Å². The van der Waals surface area contributed by atoms with Gasteiger partial charge in [0.05, 0.1) is 12.8 Å². The van der Waals surface area contributed by atoms with Gasteiger partial charge in [-0.3, -0.25) is 4.79 Å². The molecule has 1 aromatic rings. The van der Waals surface area contributed by atoms with Crippen LogP contribution in [0, 0.1) is 5.92 Å². The standard InChI is InChI=1S/C15H24N2O2S/c1-6-17(7-2)20-12-8-9-14(19-5)13(10-12)16-15(18)11(3)4/h8-11H,6-7H2,1-5H3,(H,16,18). The predicted molar refractivity (Wildman–Crippen MR) is 85.2 cm³/mol. The fourth-order valence-corrected chi connectivity index (χ4v) is 2.48. The molecule has 0 spiro atoms. The molecule has 0 aliphatic carbocycles. The number of nitrogens with one attached hydrogen (secondary N) is 1. The van der Waals surface area contributed by atoms with E-state index >= 15 is 0 Å². The van der Waals surface area contributed by atoms with Crippen molar-refractivity contribution < 1.29 is 9.53 Å². The van der Waals surface area contributed by atoms with E-state index in [2.05, 4.69) is 23.5 Å². The SMILES string of the molecule is CCN(CC)Sc1ccc(OC)c(NC(=O)C(C)C)c1. The molecule has 1 N–H and O–H groups in total. The van der Waals surface area contributed by atoms with Gasteiger partial charge < -0.3 is 10.1 Å². The highest BCUT2D eigenvalue weighted by Crippen LogP contribution is 2.31. The minimum Gasteiger partial charge on any atom is -0.495 e. The predicted octanol–water partition coefficient (Wildman–Crippen LogP) is 3.64. The molecule has 0 saturated heterocycles. The molecule has 112 valence electrons. The molecule has 1 rings (SSSR count). The van der Waals surface area contributed by atoms with Crippen molar-refractivity contribution in [1.29, 1.82) is 0 Å². The Morgan fingerprint density at radius 1 is 1.35 bits per heavy atom. The minimum atomic E-state index is -0.0567. The number of nitrogens with zero attached hydrogens (tertiary/aromatic N) is 1. The molecule has 0 bridgehead atoms. The van der Waals surface area contributed by atoms with Gasteiger partial charge in [0.1, 0.15) is 5.75 Å². The number of carbonyl (C=O) groups is 1. The van der Waals surface area contributed by atoms with Crippen molar-refractivity contribution in [2.24, 2.45) is 5.92 Å². The van der Waals surface area contributed by atoms with Crippen LogP contribution in [0.3, 0.4) is 0 Å². The maximum absolute atomic E-state index is 11.8. The van der Waals surface area contributed by atoms with Crippen LogP contribution in [0.5, 0.6) is 5.75 Å². The molecule has 0 atom stereocenters. The van der Waals surface area contributed by atoms with Crippen molar-refractivity contribution in [3.05, 3.63) is 18.2 Å². The third-order valence-corrected chi connectivity index (χ3v) is 4.13. The van der Waals surface area contributed by atoms with Gasteiger partial charge in [-0.05, 0) is 30.1 Å². The molecule has 0 fully saturated rings. The van der Waals surface area contributed by atoms with Gasteiger partial charge in [0.2, 0.25) is 5.91 Å². The Kier molecular flexibility index (Phi) is 6.88. The third kappa shape index (κ3) is 4.72. The summed E-state index contributed by atoms with van der Waals surface area (Å²) in [5, 5.41) is 2.91. The van der Waals surface area contributed by atoms with E-state index in [1.165, 1.54) is 0 Å². The average Bonchev–Trinajstić information content (AvgIpc) is 2.44. The zero-order valence-electron chi connectivity index (χ0n) is 12.9. The highest BCUT2D eigenvalue weighted by molar-refractivity contribution is 7.97. The van der Waals surface area contributed by atoms with Gasteiger partial charge in [-0.15, -0.1) is 0 Å². The van der Waals surface area contributed by atoms with E-state index < -0.39 is 0 Å². The molecule has 0 aromatic heterocycles. The summed E-state index contributed by atoms with van der Waals surface area (Å²) in [6.45, 7) is 9.94. The Hall–Kier alpha value is -1.20. The topological polar surface area (TPSA) is 41.6 Å². The van der Waals surface area contributed by atoms with Crippen LogP contribution >= 0.6 is 11.9 Å². The molecule has 0 aliphatic heterocycles. The summed E-state index contributed by atoms with van der Waals surface area (Å²) >= 11 is 1.68. The van der Waals surface area contributed by atoms with Gasteiger partial charge in [0.25, 0.3) is 0 Å². The third-order valence-electron chi connectivity index (χ3n) is 2.89. The lowest BCUT2D eigenvalue weighted by Crippen LogP contribution is -2.18. The van der Waals surface area contributed by atoms with Crippen molar-refractivity contribution in [3.8, 4) is 5.75 Å². The zero-order valence-corrected chi connectivity index (χ0v) is 13.7. The number of carbonyl (C=O) groups excluding carboxylic acids is 1. The number of ether oxygens (including phenoxy) is 1. The first kappa shape index (κ1) is 16.9. The summed E-state index contributed by atoms with van der Waals surface area (Å²) in [6, 6.07) is 5.86. The lowest BCUT2D eigenvalue weighted by Gasteiger charge is -2.18. The number of methoxy groups -OCH3 is 1. The van der Waals surface area contributed by atoms with Crippen LogP contribution in [0.4, 0.5) is 5.69 Å². The smallest absolute Gasteiger partial charge is 0.227 e. The Bertz CT molecular complexity index is 445. The van der Waals surface area contributed by atoms with Crippen LogP contribution in [0.15, 0.2) is 23.1 Å². The maximum atomic E-state index is 11.8. The van der Waals surface area contributed by atoms with E-state index in [-0.39, 0.29) is 11.8 Å². The van der Waals surface area contributed by atoms with E-state index in [9.17, 15) is 4.79 Å². The summed E-state index contributed by atoms with van der Waals surface area (Å²) in [7, 11) is 1.61. The van der Waals surface area contributed by atoms with Gasteiger partial charge in [-0.2, -0.15) is 0 Å². The maximum Gasteiger partial charge on any atom is 0.227 e. The first-order valence-electron chi connectivity index (χ1n) is 6.93. The first-order valence-corrected chi connectivity index (χ1v) is 7.70. The van der Waals surface area contributed by atoms with Crippen molar-refractivity contribution in [2.45, 2.75) is 32.6 Å². The summed E-state index contributed by atoms with van der Waals surface area (Å²) in [4.78, 5) is 12.9. The lowest BCUT2D eigenvalue weighted by atomic mass is 10.2. The first-order chi connectivity index (χ1) is 9.51. The number of amides is 1. The van der Waals surface area contributed by atoms with Crippen molar-refractivity contribution >= 4 is 23.5 Å². The molecule has 20 heavy (non-hydrogen) atoms. The van der Waals surface area contributed by atoms with Crippen LogP contribution in [0.2, 0.25) is 0 Å². The number of rotatable bonds is 7. The minimum absolute atomic E-state index is 0.00621. The van der Waals surface area contributed by atoms with Gasteiger partial charge in [-0.1, -0.05) is 27.7 Å². The fourth-order valence-electron chi connectivity index (χ4n) is 1.62. The van der Waals surface area contributed by atoms with Crippen LogP contribution in [0.25, 0.3) is 0 Å². The molecule has 1 amide bonds. The van der Waals surface area contributed by atoms with E-state index in [0.29, 0.717) is 5.75 Å². The molecule has 0 saturated carbocycles. The lowest BCUT2D eigenvalue weighted by molar-refractivity contribution is -0.118. The van der Waals surface area contributed by atoms with Crippen LogP contribution in [-0.2, 0) is 4.79 Å². The Balaban J connectivity index is 2.93. The fraction of sp³-hybridized carbons (Fsp3) is 0.533. The molecule has 0 aliphatic rings. The van der Waals surface area contributed by atoms with Crippen molar-refractivity contribution in [1.82, 2.24) is 4.31 Å². The number of anilines is 1. The van der Waals surface area contributed by atoms with Gasteiger partial charge in [0, 0.05) is 23.9 Å².